The van der Waals surface area contributed by atoms with Gasteiger partial charge in [-0.15, -0.1) is 0 Å². The van der Waals surface area contributed by atoms with E-state index in [1.807, 2.05) is 89.8 Å². The molecule has 3 aromatic carbocycles. The minimum atomic E-state index is -0.00345. The molecule has 0 spiro atoms. The molecule has 152 valence electrons. The van der Waals surface area contributed by atoms with Crippen LogP contribution < -0.4 is 5.32 Å². The highest BCUT2D eigenvalue weighted by atomic mass is 16.2. The van der Waals surface area contributed by atoms with Gasteiger partial charge in [0, 0.05) is 31.1 Å². The van der Waals surface area contributed by atoms with Crippen molar-refractivity contribution >= 4 is 11.8 Å². The topological polar surface area (TPSA) is 49.4 Å². The smallest absolute Gasteiger partial charge is 0.254 e. The van der Waals surface area contributed by atoms with E-state index in [2.05, 4.69) is 5.32 Å². The zero-order chi connectivity index (χ0) is 20.8. The molecule has 0 unspecified atom stereocenters. The summed E-state index contributed by atoms with van der Waals surface area (Å²) < 4.78 is 0. The van der Waals surface area contributed by atoms with E-state index < -0.39 is 0 Å². The Morgan fingerprint density at radius 2 is 1.27 bits per heavy atom. The first-order chi connectivity index (χ1) is 14.7. The van der Waals surface area contributed by atoms with Crippen molar-refractivity contribution in [1.82, 2.24) is 10.2 Å². The predicted molar refractivity (Wildman–Crippen MR) is 117 cm³/mol. The van der Waals surface area contributed by atoms with Gasteiger partial charge in [-0.05, 0) is 41.7 Å². The normalized spacial score (nSPS) is 12.9. The van der Waals surface area contributed by atoms with Crippen molar-refractivity contribution in [1.29, 1.82) is 0 Å². The van der Waals surface area contributed by atoms with E-state index >= 15 is 0 Å². The van der Waals surface area contributed by atoms with E-state index in [4.69, 9.17) is 0 Å². The molecule has 0 aliphatic heterocycles. The van der Waals surface area contributed by atoms with Gasteiger partial charge >= 0.3 is 0 Å². The number of carbonyl (C=O) groups is 2. The van der Waals surface area contributed by atoms with Gasteiger partial charge in [0.05, 0.1) is 0 Å². The molecule has 1 saturated carbocycles. The van der Waals surface area contributed by atoms with Crippen molar-refractivity contribution in [2.75, 3.05) is 0 Å². The van der Waals surface area contributed by atoms with Gasteiger partial charge in [0.2, 0.25) is 5.91 Å². The lowest BCUT2D eigenvalue weighted by molar-refractivity contribution is -0.122. The zero-order valence-electron chi connectivity index (χ0n) is 17.0. The molecule has 1 aliphatic carbocycles. The Balaban J connectivity index is 1.46. The molecular weight excluding hydrogens is 372 g/mol. The summed E-state index contributed by atoms with van der Waals surface area (Å²) in [6.45, 7) is 1.60. The maximum atomic E-state index is 13.3. The van der Waals surface area contributed by atoms with Crippen LogP contribution in [0.25, 0.3) is 0 Å². The van der Waals surface area contributed by atoms with Crippen molar-refractivity contribution in [3.63, 3.8) is 0 Å². The largest absolute Gasteiger partial charge is 0.352 e. The van der Waals surface area contributed by atoms with E-state index in [0.29, 0.717) is 25.2 Å². The first kappa shape index (κ1) is 19.9. The van der Waals surface area contributed by atoms with Crippen LogP contribution in [0.1, 0.15) is 39.9 Å². The van der Waals surface area contributed by atoms with Crippen LogP contribution in [-0.4, -0.2) is 16.7 Å². The second-order valence-electron chi connectivity index (χ2n) is 7.82. The lowest BCUT2D eigenvalue weighted by Gasteiger charge is -2.23. The van der Waals surface area contributed by atoms with E-state index in [1.165, 1.54) is 0 Å². The van der Waals surface area contributed by atoms with Gasteiger partial charge in [0.15, 0.2) is 0 Å². The third-order valence-corrected chi connectivity index (χ3v) is 5.34. The molecule has 0 aromatic heterocycles. The number of nitrogens with one attached hydrogen (secondary N) is 1. The van der Waals surface area contributed by atoms with Gasteiger partial charge in [-0.25, -0.2) is 0 Å². The Morgan fingerprint density at radius 1 is 0.733 bits per heavy atom. The van der Waals surface area contributed by atoms with Crippen molar-refractivity contribution in [2.45, 2.75) is 32.5 Å². The van der Waals surface area contributed by atoms with Gasteiger partial charge in [0.25, 0.3) is 5.91 Å². The Bertz CT molecular complexity index is 939. The fraction of sp³-hybridized carbons (Fsp3) is 0.231. The van der Waals surface area contributed by atoms with Crippen LogP contribution in [0, 0.1) is 5.92 Å². The molecule has 4 nitrogen and oxygen atoms in total. The predicted octanol–water partition coefficient (Wildman–Crippen LogP) is 4.56. The Labute approximate surface area is 177 Å². The van der Waals surface area contributed by atoms with Crippen molar-refractivity contribution in [3.8, 4) is 0 Å². The molecule has 30 heavy (non-hydrogen) atoms. The number of benzene rings is 3. The molecule has 1 fully saturated rings. The minimum Gasteiger partial charge on any atom is -0.352 e. The van der Waals surface area contributed by atoms with E-state index in [-0.39, 0.29) is 17.7 Å². The van der Waals surface area contributed by atoms with Crippen LogP contribution in [0.15, 0.2) is 84.9 Å². The van der Waals surface area contributed by atoms with E-state index in [1.54, 1.807) is 0 Å². The standard InChI is InChI=1S/C26H26N2O2/c29-25(23-15-16-23)27-17-20-11-13-24(14-12-20)26(30)28(18-21-7-3-1-4-8-21)19-22-9-5-2-6-10-22/h1-14,23H,15-19H2,(H,27,29). The maximum absolute atomic E-state index is 13.3. The van der Waals surface area contributed by atoms with Crippen LogP contribution in [0.3, 0.4) is 0 Å². The average Bonchev–Trinajstić information content (AvgIpc) is 3.64. The van der Waals surface area contributed by atoms with Gasteiger partial charge in [-0.1, -0.05) is 72.8 Å². The molecule has 0 heterocycles. The number of hydrogen-bond donors (Lipinski definition) is 1. The molecule has 1 aliphatic rings. The molecule has 0 atom stereocenters. The summed E-state index contributed by atoms with van der Waals surface area (Å²) in [5.74, 6) is 0.332. The Morgan fingerprint density at radius 3 is 1.77 bits per heavy atom. The monoisotopic (exact) mass is 398 g/mol. The van der Waals surface area contributed by atoms with Crippen molar-refractivity contribution in [3.05, 3.63) is 107 Å². The lowest BCUT2D eigenvalue weighted by Crippen LogP contribution is -2.30. The zero-order valence-corrected chi connectivity index (χ0v) is 17.0. The first-order valence-electron chi connectivity index (χ1n) is 10.4. The summed E-state index contributed by atoms with van der Waals surface area (Å²) in [5.41, 5.74) is 3.85. The third kappa shape index (κ3) is 5.35. The number of hydrogen-bond acceptors (Lipinski definition) is 2. The van der Waals surface area contributed by atoms with Crippen LogP contribution in [0.5, 0.6) is 0 Å². The molecule has 4 rings (SSSR count). The maximum Gasteiger partial charge on any atom is 0.254 e. The second kappa shape index (κ2) is 9.40. The van der Waals surface area contributed by atoms with Crippen LogP contribution in [0.2, 0.25) is 0 Å². The highest BCUT2D eigenvalue weighted by Gasteiger charge is 2.29. The highest BCUT2D eigenvalue weighted by molar-refractivity contribution is 5.94. The molecule has 3 aromatic rings. The van der Waals surface area contributed by atoms with Gasteiger partial charge in [0.1, 0.15) is 0 Å². The molecule has 1 N–H and O–H groups in total. The van der Waals surface area contributed by atoms with Crippen molar-refractivity contribution < 1.29 is 9.59 Å². The minimum absolute atomic E-state index is 0.00345. The summed E-state index contributed by atoms with van der Waals surface area (Å²) in [4.78, 5) is 27.0. The van der Waals surface area contributed by atoms with E-state index in [9.17, 15) is 9.59 Å². The van der Waals surface area contributed by atoms with Crippen LogP contribution in [0.4, 0.5) is 0 Å². The lowest BCUT2D eigenvalue weighted by atomic mass is 10.1. The number of amides is 2. The SMILES string of the molecule is O=C(NCc1ccc(C(=O)N(Cc2ccccc2)Cc2ccccc2)cc1)C1CC1. The highest BCUT2D eigenvalue weighted by Crippen LogP contribution is 2.28. The number of carbonyl (C=O) groups excluding carboxylic acids is 2. The Kier molecular flexibility index (Phi) is 6.23. The fourth-order valence-corrected chi connectivity index (χ4v) is 3.43. The number of rotatable bonds is 8. The number of nitrogens with zero attached hydrogens (tertiary/aromatic N) is 1. The fourth-order valence-electron chi connectivity index (χ4n) is 3.43. The summed E-state index contributed by atoms with van der Waals surface area (Å²) in [6.07, 6.45) is 2.00. The quantitative estimate of drug-likeness (QED) is 0.605. The molecule has 2 amide bonds. The van der Waals surface area contributed by atoms with E-state index in [0.717, 1.165) is 29.5 Å². The van der Waals surface area contributed by atoms with Crippen LogP contribution in [-0.2, 0) is 24.4 Å². The van der Waals surface area contributed by atoms with Crippen molar-refractivity contribution in [2.24, 2.45) is 5.92 Å². The molecule has 0 saturated heterocycles. The van der Waals surface area contributed by atoms with Crippen LogP contribution >= 0.6 is 0 Å². The molecule has 4 heteroatoms. The van der Waals surface area contributed by atoms with Gasteiger partial charge in [-0.3, -0.25) is 9.59 Å². The average molecular weight is 399 g/mol. The third-order valence-electron chi connectivity index (χ3n) is 5.34. The summed E-state index contributed by atoms with van der Waals surface area (Å²) in [6, 6.07) is 27.6. The van der Waals surface area contributed by atoms with Gasteiger partial charge in [-0.2, -0.15) is 0 Å². The summed E-state index contributed by atoms with van der Waals surface area (Å²) in [5, 5.41) is 2.96. The first-order valence-corrected chi connectivity index (χ1v) is 10.4. The summed E-state index contributed by atoms with van der Waals surface area (Å²) in [7, 11) is 0. The molecular formula is C26H26N2O2. The second-order valence-corrected chi connectivity index (χ2v) is 7.82. The molecule has 0 radical (unpaired) electrons. The summed E-state index contributed by atoms with van der Waals surface area (Å²) >= 11 is 0. The Hall–Kier alpha value is -3.40. The van der Waals surface area contributed by atoms with Gasteiger partial charge < -0.3 is 10.2 Å². The molecule has 0 bridgehead atoms.